The number of hydrogen-bond acceptors (Lipinski definition) is 3. The Kier molecular flexibility index (Phi) is 2.03. The molecule has 4 atom stereocenters. The van der Waals surface area contributed by atoms with Gasteiger partial charge < -0.3 is 4.74 Å². The fraction of sp³-hybridized carbons (Fsp3) is 0.538. The van der Waals surface area contributed by atoms with Gasteiger partial charge in [-0.05, 0) is 31.1 Å². The smallest absolute Gasteiger partial charge is 0.341 e. The number of ketones is 1. The minimum absolute atomic E-state index is 0.000278. The molecule has 3 heteroatoms. The highest BCUT2D eigenvalue weighted by Gasteiger charge is 2.52. The lowest BCUT2D eigenvalue weighted by atomic mass is 9.85. The number of esters is 1. The zero-order valence-electron chi connectivity index (χ0n) is 9.18. The molecule has 0 aromatic heterocycles. The van der Waals surface area contributed by atoms with Crippen LogP contribution in [0.15, 0.2) is 23.8 Å². The van der Waals surface area contributed by atoms with Crippen LogP contribution in [0, 0.1) is 23.7 Å². The molecule has 0 heterocycles. The van der Waals surface area contributed by atoms with E-state index in [4.69, 9.17) is 4.74 Å². The molecule has 3 nitrogen and oxygen atoms in total. The largest absolute Gasteiger partial charge is 0.462 e. The second-order valence-electron chi connectivity index (χ2n) is 4.72. The van der Waals surface area contributed by atoms with E-state index in [1.165, 1.54) is 0 Å². The first kappa shape index (κ1) is 9.82. The summed E-state index contributed by atoms with van der Waals surface area (Å²) < 4.78 is 4.90. The molecule has 0 aromatic rings. The van der Waals surface area contributed by atoms with Crippen molar-refractivity contribution in [3.8, 4) is 0 Å². The summed E-state index contributed by atoms with van der Waals surface area (Å²) in [6, 6.07) is 0. The van der Waals surface area contributed by atoms with Crippen LogP contribution in [0.1, 0.15) is 13.3 Å². The van der Waals surface area contributed by atoms with Gasteiger partial charge >= 0.3 is 5.97 Å². The summed E-state index contributed by atoms with van der Waals surface area (Å²) in [4.78, 5) is 23.7. The number of fused-ring (bicyclic) bond motifs is 5. The van der Waals surface area contributed by atoms with E-state index < -0.39 is 5.97 Å². The monoisotopic (exact) mass is 218 g/mol. The Bertz CT molecular complexity index is 419. The molecule has 3 aliphatic carbocycles. The molecule has 1 saturated carbocycles. The molecule has 0 aliphatic heterocycles. The molecule has 3 rings (SSSR count). The SMILES string of the molecule is CCOC(=O)C1=CC2C(C1=O)[C@H]1C=C[C@@H]2C1. The van der Waals surface area contributed by atoms with Crippen molar-refractivity contribution in [3.05, 3.63) is 23.8 Å². The van der Waals surface area contributed by atoms with Crippen LogP contribution in [0.5, 0.6) is 0 Å². The van der Waals surface area contributed by atoms with Crippen molar-refractivity contribution in [2.24, 2.45) is 23.7 Å². The lowest BCUT2D eigenvalue weighted by Gasteiger charge is -2.17. The van der Waals surface area contributed by atoms with Gasteiger partial charge in [-0.1, -0.05) is 18.2 Å². The number of carbonyl (C=O) groups excluding carboxylic acids is 2. The van der Waals surface area contributed by atoms with E-state index in [2.05, 4.69) is 12.2 Å². The summed E-state index contributed by atoms with van der Waals surface area (Å²) in [6.45, 7) is 2.08. The zero-order chi connectivity index (χ0) is 11.3. The van der Waals surface area contributed by atoms with Gasteiger partial charge in [0.05, 0.1) is 12.2 Å². The molecule has 0 N–H and O–H groups in total. The maximum Gasteiger partial charge on any atom is 0.341 e. The third-order valence-corrected chi connectivity index (χ3v) is 3.94. The molecule has 0 aromatic carbocycles. The number of Topliss-reactive ketones (excluding diaryl/α,β-unsaturated/α-hetero) is 1. The molecule has 0 amide bonds. The van der Waals surface area contributed by atoms with E-state index >= 15 is 0 Å². The fourth-order valence-electron chi connectivity index (χ4n) is 3.29. The first-order chi connectivity index (χ1) is 7.72. The molecule has 84 valence electrons. The van der Waals surface area contributed by atoms with Crippen molar-refractivity contribution in [3.63, 3.8) is 0 Å². The van der Waals surface area contributed by atoms with Gasteiger partial charge in [-0.25, -0.2) is 4.79 Å². The molecule has 2 bridgehead atoms. The lowest BCUT2D eigenvalue weighted by molar-refractivity contribution is -0.140. The minimum atomic E-state index is -0.443. The third-order valence-electron chi connectivity index (χ3n) is 3.94. The topological polar surface area (TPSA) is 43.4 Å². The summed E-state index contributed by atoms with van der Waals surface area (Å²) in [6.07, 6.45) is 7.24. The Labute approximate surface area is 94.2 Å². The van der Waals surface area contributed by atoms with Crippen LogP contribution < -0.4 is 0 Å². The predicted octanol–water partition coefficient (Wildman–Crippen LogP) is 1.50. The molecule has 0 spiro atoms. The van der Waals surface area contributed by atoms with Gasteiger partial charge in [-0.15, -0.1) is 0 Å². The van der Waals surface area contributed by atoms with Crippen LogP contribution in [-0.4, -0.2) is 18.4 Å². The van der Waals surface area contributed by atoms with Gasteiger partial charge in [0.2, 0.25) is 0 Å². The molecular formula is C13H14O3. The molecule has 3 aliphatic rings. The van der Waals surface area contributed by atoms with Crippen molar-refractivity contribution < 1.29 is 14.3 Å². The van der Waals surface area contributed by atoms with E-state index in [9.17, 15) is 9.59 Å². The molecule has 16 heavy (non-hydrogen) atoms. The Hall–Kier alpha value is -1.38. The standard InChI is InChI=1S/C13H14O3/c1-2-16-13(15)10-6-9-7-3-4-8(5-7)11(9)12(10)14/h3-4,6-9,11H,2,5H2,1H3/t7-,8+,9?,11?/m1/s1. The summed E-state index contributed by atoms with van der Waals surface area (Å²) in [5, 5.41) is 0. The van der Waals surface area contributed by atoms with Crippen molar-refractivity contribution in [2.45, 2.75) is 13.3 Å². The summed E-state index contributed by atoms with van der Waals surface area (Å²) >= 11 is 0. The number of ether oxygens (including phenoxy) is 1. The number of allylic oxidation sites excluding steroid dienone is 3. The van der Waals surface area contributed by atoms with Crippen LogP contribution in [-0.2, 0) is 14.3 Å². The maximum absolute atomic E-state index is 12.1. The summed E-state index contributed by atoms with van der Waals surface area (Å²) in [5.41, 5.74) is 0.287. The second-order valence-corrected chi connectivity index (χ2v) is 4.72. The van der Waals surface area contributed by atoms with Crippen LogP contribution in [0.3, 0.4) is 0 Å². The fourth-order valence-corrected chi connectivity index (χ4v) is 3.29. The average Bonchev–Trinajstić information content (AvgIpc) is 2.90. The molecule has 2 unspecified atom stereocenters. The Morgan fingerprint density at radius 3 is 2.88 bits per heavy atom. The van der Waals surface area contributed by atoms with Gasteiger partial charge in [0.15, 0.2) is 5.78 Å². The molecule has 0 radical (unpaired) electrons. The Morgan fingerprint density at radius 1 is 1.44 bits per heavy atom. The molecule has 1 fully saturated rings. The highest BCUT2D eigenvalue weighted by Crippen LogP contribution is 2.52. The second kappa shape index (κ2) is 3.30. The van der Waals surface area contributed by atoms with Crippen molar-refractivity contribution in [1.82, 2.24) is 0 Å². The van der Waals surface area contributed by atoms with Crippen LogP contribution in [0.4, 0.5) is 0 Å². The van der Waals surface area contributed by atoms with E-state index in [0.717, 1.165) is 6.42 Å². The zero-order valence-corrected chi connectivity index (χ0v) is 9.18. The van der Waals surface area contributed by atoms with Crippen molar-refractivity contribution in [1.29, 1.82) is 0 Å². The normalized spacial score (nSPS) is 38.8. The number of carbonyl (C=O) groups is 2. The van der Waals surface area contributed by atoms with Gasteiger partial charge in [0, 0.05) is 5.92 Å². The summed E-state index contributed by atoms with van der Waals surface area (Å²) in [7, 11) is 0. The minimum Gasteiger partial charge on any atom is -0.462 e. The highest BCUT2D eigenvalue weighted by molar-refractivity contribution is 6.20. The number of hydrogen-bond donors (Lipinski definition) is 0. The first-order valence-electron chi connectivity index (χ1n) is 5.84. The van der Waals surface area contributed by atoms with E-state index in [0.29, 0.717) is 18.4 Å². The summed E-state index contributed by atoms with van der Waals surface area (Å²) in [5.74, 6) is 0.648. The quantitative estimate of drug-likeness (QED) is 0.401. The van der Waals surface area contributed by atoms with Gasteiger partial charge in [-0.2, -0.15) is 0 Å². The Morgan fingerprint density at radius 2 is 2.19 bits per heavy atom. The van der Waals surface area contributed by atoms with Gasteiger partial charge in [-0.3, -0.25) is 4.79 Å². The molecular weight excluding hydrogens is 204 g/mol. The third kappa shape index (κ3) is 1.14. The van der Waals surface area contributed by atoms with Gasteiger partial charge in [0.25, 0.3) is 0 Å². The average molecular weight is 218 g/mol. The first-order valence-corrected chi connectivity index (χ1v) is 5.84. The Balaban J connectivity index is 1.87. The highest BCUT2D eigenvalue weighted by atomic mass is 16.5. The van der Waals surface area contributed by atoms with Crippen molar-refractivity contribution in [2.75, 3.05) is 6.61 Å². The van der Waals surface area contributed by atoms with E-state index in [1.54, 1.807) is 6.92 Å². The predicted molar refractivity (Wildman–Crippen MR) is 57.4 cm³/mol. The lowest BCUT2D eigenvalue weighted by Crippen LogP contribution is -2.23. The number of rotatable bonds is 2. The van der Waals surface area contributed by atoms with Gasteiger partial charge in [0.1, 0.15) is 0 Å². The van der Waals surface area contributed by atoms with E-state index in [1.807, 2.05) is 6.08 Å². The van der Waals surface area contributed by atoms with Crippen LogP contribution in [0.2, 0.25) is 0 Å². The van der Waals surface area contributed by atoms with Crippen LogP contribution >= 0.6 is 0 Å². The van der Waals surface area contributed by atoms with E-state index in [-0.39, 0.29) is 23.2 Å². The van der Waals surface area contributed by atoms with Crippen molar-refractivity contribution >= 4 is 11.8 Å². The molecule has 0 saturated heterocycles. The maximum atomic E-state index is 12.1. The van der Waals surface area contributed by atoms with Crippen LogP contribution in [0.25, 0.3) is 0 Å².